The summed E-state index contributed by atoms with van der Waals surface area (Å²) < 4.78 is 15.4. The Balaban J connectivity index is 2.00. The molecule has 2 aliphatic heterocycles. The monoisotopic (exact) mass is 401 g/mol. The van der Waals surface area contributed by atoms with Gasteiger partial charge in [-0.1, -0.05) is 39.0 Å². The van der Waals surface area contributed by atoms with Crippen LogP contribution >= 0.6 is 11.6 Å². The van der Waals surface area contributed by atoms with Crippen LogP contribution in [0.5, 0.6) is 0 Å². The van der Waals surface area contributed by atoms with Gasteiger partial charge in [0.2, 0.25) is 5.91 Å². The van der Waals surface area contributed by atoms with Crippen molar-refractivity contribution in [3.63, 3.8) is 0 Å². The van der Waals surface area contributed by atoms with E-state index < -0.39 is 45.8 Å². The Morgan fingerprint density at radius 2 is 2.11 bits per heavy atom. The Hall–Kier alpha value is -2.01. The lowest BCUT2D eigenvalue weighted by Gasteiger charge is -2.56. The number of carbonyl (C=O) groups is 2. The van der Waals surface area contributed by atoms with E-state index in [2.05, 4.69) is 11.9 Å². The quantitative estimate of drug-likeness (QED) is 0.573. The molecule has 2 aliphatic carbocycles. The molecule has 2 fully saturated rings. The van der Waals surface area contributed by atoms with E-state index in [1.165, 1.54) is 0 Å². The summed E-state index contributed by atoms with van der Waals surface area (Å²) in [5.74, 6) is -0.893. The molecule has 148 valence electrons. The highest BCUT2D eigenvalue weighted by molar-refractivity contribution is 6.21. The van der Waals surface area contributed by atoms with Gasteiger partial charge in [0.1, 0.15) is 11.6 Å². The van der Waals surface area contributed by atoms with E-state index in [4.69, 9.17) is 16.3 Å². The van der Waals surface area contributed by atoms with Crippen LogP contribution in [-0.2, 0) is 15.1 Å². The molecular formula is C22H25ClN2O3. The lowest BCUT2D eigenvalue weighted by atomic mass is 9.52. The lowest BCUT2D eigenvalue weighted by Crippen LogP contribution is -2.66. The van der Waals surface area contributed by atoms with E-state index in [1.807, 2.05) is 39.0 Å². The number of alkyl carbamates (subject to hydrolysis) is 1. The number of hydrogen-bond acceptors (Lipinski definition) is 3. The molecule has 1 saturated carbocycles. The summed E-state index contributed by atoms with van der Waals surface area (Å²) in [5, 5.41) is 2.62. The average molecular weight is 402 g/mol. The molecule has 2 bridgehead atoms. The molecule has 4 aliphatic rings. The third-order valence-electron chi connectivity index (χ3n) is 7.86. The summed E-state index contributed by atoms with van der Waals surface area (Å²) in [6.45, 7) is 9.97. The van der Waals surface area contributed by atoms with Crippen LogP contribution in [-0.4, -0.2) is 30.5 Å². The fraction of sp³-hybridized carbons (Fsp3) is 0.545. The van der Waals surface area contributed by atoms with Crippen molar-refractivity contribution in [1.82, 2.24) is 5.32 Å². The number of halogens is 1. The average Bonchev–Trinajstić information content (AvgIpc) is 3.08. The van der Waals surface area contributed by atoms with Crippen molar-refractivity contribution in [2.24, 2.45) is 16.7 Å². The molecular weight excluding hydrogens is 376 g/mol. The Kier molecular flexibility index (Phi) is 3.09. The van der Waals surface area contributed by atoms with Gasteiger partial charge in [0.25, 0.3) is 0 Å². The maximum absolute atomic E-state index is 13.4. The molecule has 0 aromatic heterocycles. The Labute approximate surface area is 171 Å². The van der Waals surface area contributed by atoms with Crippen molar-refractivity contribution in [2.75, 3.05) is 11.9 Å². The SMILES string of the molecule is [2H]C12OC(=O)NC13c1cccc4c1[C@H](C(=O)N4C)C(C)(C)C2CC(Cl)C3(C)C=C. The first-order valence-corrected chi connectivity index (χ1v) is 10.1. The number of carbonyl (C=O) groups excluding carboxylic acids is 2. The fourth-order valence-electron chi connectivity index (χ4n) is 6.16. The van der Waals surface area contributed by atoms with Gasteiger partial charge < -0.3 is 15.0 Å². The van der Waals surface area contributed by atoms with Gasteiger partial charge in [0, 0.05) is 29.4 Å². The molecule has 5 nitrogen and oxygen atoms in total. The smallest absolute Gasteiger partial charge is 0.408 e. The van der Waals surface area contributed by atoms with Gasteiger partial charge in [-0.2, -0.15) is 0 Å². The third kappa shape index (κ3) is 1.68. The largest absolute Gasteiger partial charge is 0.443 e. The number of likely N-dealkylation sites (N-methyl/N-ethyl adjacent to an activating group) is 1. The van der Waals surface area contributed by atoms with Crippen molar-refractivity contribution >= 4 is 29.3 Å². The Morgan fingerprint density at radius 1 is 1.39 bits per heavy atom. The van der Waals surface area contributed by atoms with Gasteiger partial charge in [-0.25, -0.2) is 4.79 Å². The highest BCUT2D eigenvalue weighted by Gasteiger charge is 2.73. The predicted octanol–water partition coefficient (Wildman–Crippen LogP) is 3.91. The maximum atomic E-state index is 13.4. The molecule has 6 atom stereocenters. The highest BCUT2D eigenvalue weighted by atomic mass is 35.5. The number of nitrogens with one attached hydrogen (secondary N) is 1. The van der Waals surface area contributed by atoms with E-state index in [9.17, 15) is 11.0 Å². The fourth-order valence-corrected chi connectivity index (χ4v) is 6.59. The number of rotatable bonds is 1. The number of alkyl halides is 1. The van der Waals surface area contributed by atoms with Crippen molar-refractivity contribution in [3.05, 3.63) is 42.0 Å². The first-order valence-electron chi connectivity index (χ1n) is 10.2. The minimum absolute atomic E-state index is 0.000767. The molecule has 0 radical (unpaired) electrons. The van der Waals surface area contributed by atoms with Gasteiger partial charge in [-0.05, 0) is 29.0 Å². The predicted molar refractivity (Wildman–Crippen MR) is 108 cm³/mol. The van der Waals surface area contributed by atoms with E-state index in [0.717, 1.165) is 16.8 Å². The molecule has 0 spiro atoms. The minimum atomic E-state index is -1.62. The maximum Gasteiger partial charge on any atom is 0.408 e. The third-order valence-corrected chi connectivity index (χ3v) is 8.49. The van der Waals surface area contributed by atoms with Crippen LogP contribution in [0.25, 0.3) is 0 Å². The zero-order valence-corrected chi connectivity index (χ0v) is 17.3. The minimum Gasteiger partial charge on any atom is -0.443 e. The van der Waals surface area contributed by atoms with Gasteiger partial charge in [-0.3, -0.25) is 4.79 Å². The molecule has 5 unspecified atom stereocenters. The second kappa shape index (κ2) is 5.12. The lowest BCUT2D eigenvalue weighted by molar-refractivity contribution is -0.125. The molecule has 1 saturated heterocycles. The highest BCUT2D eigenvalue weighted by Crippen LogP contribution is 2.68. The first kappa shape index (κ1) is 16.9. The van der Waals surface area contributed by atoms with Crippen LogP contribution in [0, 0.1) is 16.7 Å². The Morgan fingerprint density at radius 3 is 2.79 bits per heavy atom. The number of nitrogens with zero attached hydrogens (tertiary/aromatic N) is 1. The summed E-state index contributed by atoms with van der Waals surface area (Å²) in [7, 11) is 1.78. The topological polar surface area (TPSA) is 58.6 Å². The molecule has 2 amide bonds. The van der Waals surface area contributed by atoms with E-state index in [-0.39, 0.29) is 5.91 Å². The van der Waals surface area contributed by atoms with E-state index in [1.54, 1.807) is 18.0 Å². The molecule has 5 rings (SSSR count). The van der Waals surface area contributed by atoms with Crippen molar-refractivity contribution < 1.29 is 15.7 Å². The zero-order chi connectivity index (χ0) is 21.1. The summed E-state index contributed by atoms with van der Waals surface area (Å²) in [6, 6.07) is 5.70. The van der Waals surface area contributed by atoms with Crippen molar-refractivity contribution in [2.45, 2.75) is 50.1 Å². The van der Waals surface area contributed by atoms with Crippen LogP contribution in [0.4, 0.5) is 10.5 Å². The molecule has 28 heavy (non-hydrogen) atoms. The van der Waals surface area contributed by atoms with Gasteiger partial charge in [-0.15, -0.1) is 18.2 Å². The normalized spacial score (nSPS) is 45.4. The van der Waals surface area contributed by atoms with Crippen LogP contribution in [0.3, 0.4) is 0 Å². The van der Waals surface area contributed by atoms with Gasteiger partial charge in [0.15, 0.2) is 0 Å². The van der Waals surface area contributed by atoms with Gasteiger partial charge in [0.05, 0.1) is 7.29 Å². The number of hydrogen-bond donors (Lipinski definition) is 1. The number of benzene rings is 1. The summed E-state index contributed by atoms with van der Waals surface area (Å²) >= 11 is 6.98. The second-order valence-corrected chi connectivity index (χ2v) is 9.79. The van der Waals surface area contributed by atoms with Crippen LogP contribution in [0.1, 0.15) is 45.6 Å². The molecule has 6 heteroatoms. The summed E-state index contributed by atoms with van der Waals surface area (Å²) in [4.78, 5) is 27.8. The van der Waals surface area contributed by atoms with Crippen LogP contribution in [0.2, 0.25) is 0 Å². The van der Waals surface area contributed by atoms with Crippen molar-refractivity contribution in [1.29, 1.82) is 0 Å². The van der Waals surface area contributed by atoms with Crippen LogP contribution in [0.15, 0.2) is 30.9 Å². The summed E-state index contributed by atoms with van der Waals surface area (Å²) in [6.07, 6.45) is -0.0749. The molecule has 2 heterocycles. The van der Waals surface area contributed by atoms with E-state index >= 15 is 0 Å². The Bertz CT molecular complexity index is 996. The second-order valence-electron chi connectivity index (χ2n) is 9.26. The number of amides is 2. The number of anilines is 1. The van der Waals surface area contributed by atoms with Crippen LogP contribution < -0.4 is 10.2 Å². The summed E-state index contributed by atoms with van der Waals surface area (Å²) in [5.41, 5.74) is -0.345. The van der Waals surface area contributed by atoms with Crippen molar-refractivity contribution in [3.8, 4) is 0 Å². The molecule has 1 N–H and O–H groups in total. The van der Waals surface area contributed by atoms with E-state index in [0.29, 0.717) is 6.42 Å². The first-order chi connectivity index (χ1) is 13.5. The molecule has 1 aromatic rings. The van der Waals surface area contributed by atoms with Gasteiger partial charge >= 0.3 is 6.09 Å². The standard InChI is InChI=1S/C22H25ClN2O3/c1-6-21(4)14(23)10-12-17-22(21,24-19(27)28-17)11-8-7-9-13-15(11)16(20(12,2)3)18(26)25(13)5/h6-9,12,14,16-17H,1,10H2,2-5H3,(H,24,27)/t12?,14?,16-,17?,21?,22?/m1/s1/i17D. The zero-order valence-electron chi connectivity index (χ0n) is 17.5. The molecule has 1 aromatic carbocycles. The number of ether oxygens (including phenoxy) is 1.